The van der Waals surface area contributed by atoms with Gasteiger partial charge in [-0.25, -0.2) is 24.5 Å². The second-order valence-electron chi connectivity index (χ2n) is 7.30. The van der Waals surface area contributed by atoms with E-state index in [2.05, 4.69) is 15.0 Å². The van der Waals surface area contributed by atoms with Gasteiger partial charge in [-0.3, -0.25) is 0 Å². The first kappa shape index (κ1) is 23.4. The number of methoxy groups -OCH3 is 3. The summed E-state index contributed by atoms with van der Waals surface area (Å²) in [6.07, 6.45) is 0. The summed E-state index contributed by atoms with van der Waals surface area (Å²) in [5.41, 5.74) is 2.01. The van der Waals surface area contributed by atoms with E-state index in [1.807, 2.05) is 0 Å². The summed E-state index contributed by atoms with van der Waals surface area (Å²) in [6.45, 7) is 0. The molecule has 0 aliphatic rings. The van der Waals surface area contributed by atoms with E-state index in [0.717, 1.165) is 0 Å². The molecule has 3 aromatic carbocycles. The fourth-order valence-corrected chi connectivity index (χ4v) is 3.41. The lowest BCUT2D eigenvalue weighted by atomic mass is 10.1. The number of aromatic hydroxyl groups is 1. The molecule has 1 N–H and O–H groups in total. The van der Waals surface area contributed by atoms with Crippen LogP contribution < -0.4 is 4.74 Å². The van der Waals surface area contributed by atoms with Crippen LogP contribution in [-0.4, -0.2) is 53.3 Å². The van der Waals surface area contributed by atoms with Crippen LogP contribution in [0.25, 0.3) is 34.2 Å². The molecule has 0 saturated heterocycles. The molecule has 0 atom stereocenters. The molecule has 4 rings (SSSR count). The smallest absolute Gasteiger partial charge is 0.338 e. The Labute approximate surface area is 201 Å². The molecule has 1 heterocycles. The molecule has 9 nitrogen and oxygen atoms in total. The van der Waals surface area contributed by atoms with Crippen molar-refractivity contribution in [2.75, 3.05) is 21.3 Å². The number of nitrogens with zero attached hydrogens (tertiary/aromatic N) is 3. The van der Waals surface area contributed by atoms with Crippen LogP contribution in [-0.2, 0) is 9.47 Å². The van der Waals surface area contributed by atoms with E-state index in [-0.39, 0.29) is 28.8 Å². The molecule has 4 aromatic rings. The van der Waals surface area contributed by atoms with Gasteiger partial charge in [0.15, 0.2) is 17.5 Å². The highest BCUT2D eigenvalue weighted by Gasteiger charge is 2.19. The van der Waals surface area contributed by atoms with Crippen molar-refractivity contribution in [1.29, 1.82) is 0 Å². The number of hydrogen-bond donors (Lipinski definition) is 1. The number of phenolic OH excluding ortho intramolecular Hbond substituents is 1. The van der Waals surface area contributed by atoms with Crippen molar-refractivity contribution in [2.45, 2.75) is 0 Å². The maximum atomic E-state index is 12.4. The molecule has 0 radical (unpaired) electrons. The zero-order valence-electron chi connectivity index (χ0n) is 19.2. The number of carbonyl (C=O) groups is 2. The van der Waals surface area contributed by atoms with Crippen molar-refractivity contribution in [3.05, 3.63) is 77.9 Å². The van der Waals surface area contributed by atoms with Crippen LogP contribution in [0.3, 0.4) is 0 Å². The van der Waals surface area contributed by atoms with Crippen molar-refractivity contribution in [2.24, 2.45) is 0 Å². The first-order valence-electron chi connectivity index (χ1n) is 10.4. The van der Waals surface area contributed by atoms with Crippen molar-refractivity contribution in [3.8, 4) is 45.7 Å². The van der Waals surface area contributed by atoms with E-state index in [4.69, 9.17) is 14.2 Å². The molecular formula is C26H21N3O6. The number of rotatable bonds is 6. The average Bonchev–Trinajstić information content (AvgIpc) is 2.91. The highest BCUT2D eigenvalue weighted by Crippen LogP contribution is 2.33. The topological polar surface area (TPSA) is 121 Å². The Kier molecular flexibility index (Phi) is 6.68. The van der Waals surface area contributed by atoms with Gasteiger partial charge >= 0.3 is 11.9 Å². The van der Waals surface area contributed by atoms with Crippen molar-refractivity contribution >= 4 is 11.9 Å². The monoisotopic (exact) mass is 471 g/mol. The predicted molar refractivity (Wildman–Crippen MR) is 127 cm³/mol. The minimum atomic E-state index is -0.543. The maximum absolute atomic E-state index is 12.4. The zero-order valence-corrected chi connectivity index (χ0v) is 19.2. The van der Waals surface area contributed by atoms with E-state index in [0.29, 0.717) is 28.0 Å². The Bertz CT molecular complexity index is 1400. The summed E-state index contributed by atoms with van der Waals surface area (Å²) in [5.74, 6) is 0.0314. The average molecular weight is 471 g/mol. The number of benzene rings is 3. The summed E-state index contributed by atoms with van der Waals surface area (Å²) in [5, 5.41) is 10.6. The van der Waals surface area contributed by atoms with E-state index < -0.39 is 11.9 Å². The van der Waals surface area contributed by atoms with Gasteiger partial charge in [-0.15, -0.1) is 0 Å². The van der Waals surface area contributed by atoms with Gasteiger partial charge in [0.05, 0.1) is 38.0 Å². The normalized spacial score (nSPS) is 10.5. The molecule has 0 fully saturated rings. The fourth-order valence-electron chi connectivity index (χ4n) is 3.41. The number of aromatic nitrogens is 3. The Hall–Kier alpha value is -4.79. The quantitative estimate of drug-likeness (QED) is 0.413. The molecular weight excluding hydrogens is 450 g/mol. The molecule has 0 spiro atoms. The van der Waals surface area contributed by atoms with Crippen molar-refractivity contribution in [3.63, 3.8) is 0 Å². The van der Waals surface area contributed by atoms with Gasteiger partial charge < -0.3 is 19.3 Å². The van der Waals surface area contributed by atoms with Crippen LogP contribution in [0, 0.1) is 0 Å². The van der Waals surface area contributed by atoms with Gasteiger partial charge in [0.2, 0.25) is 0 Å². The van der Waals surface area contributed by atoms with Crippen LogP contribution in [0.1, 0.15) is 20.7 Å². The molecule has 0 aliphatic heterocycles. The number of hydrogen-bond acceptors (Lipinski definition) is 9. The lowest BCUT2D eigenvalue weighted by Crippen LogP contribution is -2.07. The second kappa shape index (κ2) is 10.0. The van der Waals surface area contributed by atoms with Gasteiger partial charge in [-0.05, 0) is 30.3 Å². The lowest BCUT2D eigenvalue weighted by Gasteiger charge is -2.12. The Morgan fingerprint density at radius 3 is 1.97 bits per heavy atom. The maximum Gasteiger partial charge on any atom is 0.338 e. The largest absolute Gasteiger partial charge is 0.507 e. The fraction of sp³-hybridized carbons (Fsp3) is 0.115. The highest BCUT2D eigenvalue weighted by atomic mass is 16.5. The van der Waals surface area contributed by atoms with Crippen molar-refractivity contribution in [1.82, 2.24) is 15.0 Å². The molecule has 0 aliphatic carbocycles. The summed E-state index contributed by atoms with van der Waals surface area (Å²) in [4.78, 5) is 37.9. The lowest BCUT2D eigenvalue weighted by molar-refractivity contribution is 0.0592. The number of phenols is 1. The third kappa shape index (κ3) is 4.79. The molecule has 1 aromatic heterocycles. The van der Waals surface area contributed by atoms with Crippen LogP contribution in [0.4, 0.5) is 0 Å². The standard InChI is InChI=1S/C26H21N3O6/c1-33-17-12-13-20(21(30)14-17)24-28-22(15-8-10-16(11-9-15)25(31)34-2)27-23(29-24)18-6-4-5-7-19(18)26(32)35-3/h4-14,30H,1-3H3. The van der Waals surface area contributed by atoms with E-state index >= 15 is 0 Å². The predicted octanol–water partition coefficient (Wildman–Crippen LogP) is 4.16. The van der Waals surface area contributed by atoms with Crippen molar-refractivity contribution < 1.29 is 28.9 Å². The molecule has 176 valence electrons. The van der Waals surface area contributed by atoms with Gasteiger partial charge in [0.25, 0.3) is 0 Å². The second-order valence-corrected chi connectivity index (χ2v) is 7.30. The highest BCUT2D eigenvalue weighted by molar-refractivity contribution is 5.96. The van der Waals surface area contributed by atoms with Crippen LogP contribution in [0.5, 0.6) is 11.5 Å². The Morgan fingerprint density at radius 1 is 0.714 bits per heavy atom. The van der Waals surface area contributed by atoms with E-state index in [1.54, 1.807) is 60.7 Å². The van der Waals surface area contributed by atoms with Gasteiger partial charge in [0, 0.05) is 17.2 Å². The van der Waals surface area contributed by atoms with Crippen LogP contribution in [0.15, 0.2) is 66.7 Å². The minimum absolute atomic E-state index is 0.0882. The first-order chi connectivity index (χ1) is 16.9. The SMILES string of the molecule is COC(=O)c1ccc(-c2nc(-c3ccc(OC)cc3O)nc(-c3ccccc3C(=O)OC)n2)cc1. The van der Waals surface area contributed by atoms with Crippen LogP contribution in [0.2, 0.25) is 0 Å². The summed E-state index contributed by atoms with van der Waals surface area (Å²) in [7, 11) is 4.10. The molecule has 0 bridgehead atoms. The molecule has 0 amide bonds. The number of ether oxygens (including phenoxy) is 3. The van der Waals surface area contributed by atoms with Gasteiger partial charge in [0.1, 0.15) is 11.5 Å². The third-order valence-electron chi connectivity index (χ3n) is 5.22. The van der Waals surface area contributed by atoms with E-state index in [9.17, 15) is 14.7 Å². The molecule has 0 saturated carbocycles. The van der Waals surface area contributed by atoms with Gasteiger partial charge in [-0.2, -0.15) is 0 Å². The Morgan fingerprint density at radius 2 is 1.34 bits per heavy atom. The molecule has 35 heavy (non-hydrogen) atoms. The third-order valence-corrected chi connectivity index (χ3v) is 5.22. The molecule has 0 unspecified atom stereocenters. The van der Waals surface area contributed by atoms with Crippen LogP contribution >= 0.6 is 0 Å². The summed E-state index contributed by atoms with van der Waals surface area (Å²) < 4.78 is 14.8. The van der Waals surface area contributed by atoms with Gasteiger partial charge in [-0.1, -0.05) is 30.3 Å². The number of esters is 2. The van der Waals surface area contributed by atoms with E-state index in [1.165, 1.54) is 27.4 Å². The minimum Gasteiger partial charge on any atom is -0.507 e. The zero-order chi connectivity index (χ0) is 24.9. The summed E-state index contributed by atoms with van der Waals surface area (Å²) >= 11 is 0. The first-order valence-corrected chi connectivity index (χ1v) is 10.4. The Balaban J connectivity index is 1.92. The summed E-state index contributed by atoms with van der Waals surface area (Å²) in [6, 6.07) is 18.1. The molecule has 9 heteroatoms. The number of carbonyl (C=O) groups excluding carboxylic acids is 2.